The fraction of sp³-hybridized carbons (Fsp3) is 0.938. The van der Waals surface area contributed by atoms with Crippen molar-refractivity contribution >= 4 is 5.91 Å². The van der Waals surface area contributed by atoms with E-state index in [0.717, 1.165) is 43.7 Å². The molecule has 4 bridgehead atoms. The number of ether oxygens (including phenoxy) is 1. The molecule has 4 aliphatic rings. The van der Waals surface area contributed by atoms with Crippen LogP contribution < -0.4 is 5.32 Å². The van der Waals surface area contributed by atoms with Crippen LogP contribution >= 0.6 is 0 Å². The molecule has 4 saturated carbocycles. The molecule has 3 heteroatoms. The zero-order chi connectivity index (χ0) is 13.3. The summed E-state index contributed by atoms with van der Waals surface area (Å²) < 4.78 is 5.04. The summed E-state index contributed by atoms with van der Waals surface area (Å²) in [6.45, 7) is 1.62. The highest BCUT2D eigenvalue weighted by Gasteiger charge is 2.54. The van der Waals surface area contributed by atoms with Gasteiger partial charge < -0.3 is 10.1 Å². The standard InChI is InChI=1S/C16H27NO2/c1-19-5-3-2-4-17-15(18)16-9-12-6-13(10-16)8-14(7-12)11-16/h12-14H,2-11H2,1H3,(H,17,18). The summed E-state index contributed by atoms with van der Waals surface area (Å²) in [5.74, 6) is 2.92. The predicted octanol–water partition coefficient (Wildman–Crippen LogP) is 2.75. The first-order chi connectivity index (χ1) is 9.22. The van der Waals surface area contributed by atoms with Gasteiger partial charge in [0.25, 0.3) is 0 Å². The van der Waals surface area contributed by atoms with Crippen molar-refractivity contribution in [1.82, 2.24) is 5.32 Å². The number of hydrogen-bond donors (Lipinski definition) is 1. The molecule has 4 rings (SSSR count). The number of unbranched alkanes of at least 4 members (excludes halogenated alkanes) is 1. The smallest absolute Gasteiger partial charge is 0.226 e. The van der Waals surface area contributed by atoms with Crippen molar-refractivity contribution in [3.05, 3.63) is 0 Å². The van der Waals surface area contributed by atoms with Crippen LogP contribution in [0.4, 0.5) is 0 Å². The topological polar surface area (TPSA) is 38.3 Å². The van der Waals surface area contributed by atoms with Crippen molar-refractivity contribution in [1.29, 1.82) is 0 Å². The van der Waals surface area contributed by atoms with Crippen LogP contribution in [0, 0.1) is 23.2 Å². The Hall–Kier alpha value is -0.570. The van der Waals surface area contributed by atoms with Crippen molar-refractivity contribution in [2.24, 2.45) is 23.2 Å². The van der Waals surface area contributed by atoms with Crippen LogP contribution in [0.2, 0.25) is 0 Å². The molecule has 19 heavy (non-hydrogen) atoms. The van der Waals surface area contributed by atoms with Crippen LogP contribution in [0.5, 0.6) is 0 Å². The summed E-state index contributed by atoms with van der Waals surface area (Å²) in [7, 11) is 1.73. The second kappa shape index (κ2) is 5.43. The number of carbonyl (C=O) groups is 1. The maximum atomic E-state index is 12.6. The van der Waals surface area contributed by atoms with Gasteiger partial charge in [-0.1, -0.05) is 0 Å². The molecule has 0 aromatic carbocycles. The van der Waals surface area contributed by atoms with E-state index < -0.39 is 0 Å². The first kappa shape index (κ1) is 13.4. The molecule has 108 valence electrons. The third kappa shape index (κ3) is 2.67. The summed E-state index contributed by atoms with van der Waals surface area (Å²) in [5.41, 5.74) is 0.0238. The van der Waals surface area contributed by atoms with Crippen molar-refractivity contribution in [3.63, 3.8) is 0 Å². The van der Waals surface area contributed by atoms with Gasteiger partial charge in [-0.15, -0.1) is 0 Å². The van der Waals surface area contributed by atoms with Crippen LogP contribution in [0.3, 0.4) is 0 Å². The van der Waals surface area contributed by atoms with Gasteiger partial charge in [-0.05, 0) is 69.1 Å². The number of hydrogen-bond acceptors (Lipinski definition) is 2. The average molecular weight is 265 g/mol. The molecule has 1 N–H and O–H groups in total. The minimum Gasteiger partial charge on any atom is -0.385 e. The Balaban J connectivity index is 1.52. The Morgan fingerprint density at radius 2 is 1.68 bits per heavy atom. The van der Waals surface area contributed by atoms with E-state index in [-0.39, 0.29) is 5.41 Å². The van der Waals surface area contributed by atoms with Gasteiger partial charge in [-0.25, -0.2) is 0 Å². The maximum absolute atomic E-state index is 12.6. The molecule has 0 unspecified atom stereocenters. The molecule has 1 amide bonds. The number of methoxy groups -OCH3 is 1. The van der Waals surface area contributed by atoms with Gasteiger partial charge in [0.15, 0.2) is 0 Å². The van der Waals surface area contributed by atoms with Gasteiger partial charge in [-0.2, -0.15) is 0 Å². The molecule has 0 aliphatic heterocycles. The van der Waals surface area contributed by atoms with E-state index in [2.05, 4.69) is 5.32 Å². The zero-order valence-electron chi connectivity index (χ0n) is 12.1. The normalized spacial score (nSPS) is 39.5. The van der Waals surface area contributed by atoms with Crippen molar-refractivity contribution in [2.45, 2.75) is 51.4 Å². The van der Waals surface area contributed by atoms with Gasteiger partial charge in [0, 0.05) is 25.7 Å². The summed E-state index contributed by atoms with van der Waals surface area (Å²) in [6.07, 6.45) is 9.79. The van der Waals surface area contributed by atoms with Crippen LogP contribution in [0.25, 0.3) is 0 Å². The average Bonchev–Trinajstić information content (AvgIpc) is 2.36. The van der Waals surface area contributed by atoms with Crippen LogP contribution in [0.15, 0.2) is 0 Å². The zero-order valence-corrected chi connectivity index (χ0v) is 12.1. The fourth-order valence-electron chi connectivity index (χ4n) is 5.15. The molecule has 0 saturated heterocycles. The fourth-order valence-corrected chi connectivity index (χ4v) is 5.15. The molecule has 4 aliphatic carbocycles. The van der Waals surface area contributed by atoms with Gasteiger partial charge in [0.05, 0.1) is 0 Å². The molecule has 0 radical (unpaired) electrons. The molecule has 4 fully saturated rings. The quantitative estimate of drug-likeness (QED) is 0.750. The maximum Gasteiger partial charge on any atom is 0.226 e. The summed E-state index contributed by atoms with van der Waals surface area (Å²) >= 11 is 0. The summed E-state index contributed by atoms with van der Waals surface area (Å²) in [6, 6.07) is 0. The molecule has 0 aromatic rings. The first-order valence-corrected chi connectivity index (χ1v) is 7.99. The number of nitrogens with one attached hydrogen (secondary N) is 1. The second-order valence-electron chi connectivity index (χ2n) is 7.15. The Bertz CT molecular complexity index is 304. The van der Waals surface area contributed by atoms with E-state index in [1.165, 1.54) is 38.5 Å². The Morgan fingerprint density at radius 3 is 2.21 bits per heavy atom. The monoisotopic (exact) mass is 265 g/mol. The first-order valence-electron chi connectivity index (χ1n) is 7.99. The molecule has 0 aromatic heterocycles. The Morgan fingerprint density at radius 1 is 1.11 bits per heavy atom. The SMILES string of the molecule is COCCCCNC(=O)C12CC3CC(CC(C3)C1)C2. The van der Waals surface area contributed by atoms with E-state index in [1.54, 1.807) is 7.11 Å². The Labute approximate surface area is 116 Å². The Kier molecular flexibility index (Phi) is 3.84. The van der Waals surface area contributed by atoms with Crippen LogP contribution in [-0.4, -0.2) is 26.2 Å². The van der Waals surface area contributed by atoms with Gasteiger partial charge in [-0.3, -0.25) is 4.79 Å². The number of amides is 1. The van der Waals surface area contributed by atoms with Crippen LogP contribution in [-0.2, 0) is 9.53 Å². The lowest BCUT2D eigenvalue weighted by molar-refractivity contribution is -0.146. The van der Waals surface area contributed by atoms with E-state index in [1.807, 2.05) is 0 Å². The van der Waals surface area contributed by atoms with E-state index in [4.69, 9.17) is 4.74 Å². The number of rotatable bonds is 6. The van der Waals surface area contributed by atoms with E-state index in [9.17, 15) is 4.79 Å². The van der Waals surface area contributed by atoms with Crippen molar-refractivity contribution in [2.75, 3.05) is 20.3 Å². The summed E-state index contributed by atoms with van der Waals surface area (Å²) in [4.78, 5) is 12.6. The molecule has 3 nitrogen and oxygen atoms in total. The molecular formula is C16H27NO2. The lowest BCUT2D eigenvalue weighted by Gasteiger charge is -2.55. The third-order valence-electron chi connectivity index (χ3n) is 5.58. The highest BCUT2D eigenvalue weighted by molar-refractivity contribution is 5.83. The largest absolute Gasteiger partial charge is 0.385 e. The van der Waals surface area contributed by atoms with Gasteiger partial charge >= 0.3 is 0 Å². The second-order valence-corrected chi connectivity index (χ2v) is 7.15. The van der Waals surface area contributed by atoms with Crippen LogP contribution in [0.1, 0.15) is 51.4 Å². The van der Waals surface area contributed by atoms with E-state index in [0.29, 0.717) is 5.91 Å². The highest BCUT2D eigenvalue weighted by Crippen LogP contribution is 2.60. The molecule has 0 spiro atoms. The summed E-state index contributed by atoms with van der Waals surface area (Å²) in [5, 5.41) is 3.20. The number of carbonyl (C=O) groups excluding carboxylic acids is 1. The third-order valence-corrected chi connectivity index (χ3v) is 5.58. The molecular weight excluding hydrogens is 238 g/mol. The van der Waals surface area contributed by atoms with Gasteiger partial charge in [0.1, 0.15) is 0 Å². The van der Waals surface area contributed by atoms with E-state index >= 15 is 0 Å². The van der Waals surface area contributed by atoms with Gasteiger partial charge in [0.2, 0.25) is 5.91 Å². The lowest BCUT2D eigenvalue weighted by Crippen LogP contribution is -2.53. The predicted molar refractivity (Wildman–Crippen MR) is 74.7 cm³/mol. The lowest BCUT2D eigenvalue weighted by atomic mass is 9.49. The molecule has 0 atom stereocenters. The minimum absolute atomic E-state index is 0.0238. The van der Waals surface area contributed by atoms with Crippen molar-refractivity contribution in [3.8, 4) is 0 Å². The molecule has 0 heterocycles. The van der Waals surface area contributed by atoms with Crippen molar-refractivity contribution < 1.29 is 9.53 Å². The highest BCUT2D eigenvalue weighted by atomic mass is 16.5. The minimum atomic E-state index is 0.0238.